The van der Waals surface area contributed by atoms with Crippen molar-refractivity contribution < 1.29 is 38.4 Å². The maximum absolute atomic E-state index is 13.2. The first-order chi connectivity index (χ1) is 23.9. The molecule has 4 aromatic carbocycles. The van der Waals surface area contributed by atoms with Gasteiger partial charge >= 0.3 is 11.9 Å². The maximum atomic E-state index is 13.2. The van der Waals surface area contributed by atoms with Crippen molar-refractivity contribution in [3.05, 3.63) is 141 Å². The number of rotatable bonds is 16. The summed E-state index contributed by atoms with van der Waals surface area (Å²) in [5, 5.41) is 22.2. The standard InChI is InChI=1S/C36H38N4O10/c1-37(2)33(23-31(25-11-7-5-8-12-25)47-29-19-15-27(16-20-29)39(43)44)49-35(41)36(42)50-34(38(3)4)24-32(26-13-9-6-10-14-26)48-30-21-17-28(18-22-30)40(45)46/h5-22,31-34H,23-24H2,1-4H3. The van der Waals surface area contributed by atoms with Gasteiger partial charge in [-0.05, 0) is 63.6 Å². The van der Waals surface area contributed by atoms with Gasteiger partial charge in [0.1, 0.15) is 23.7 Å². The number of non-ortho nitro benzene ring substituents is 2. The zero-order valence-corrected chi connectivity index (χ0v) is 28.0. The number of nitrogens with zero attached hydrogens (tertiary/aromatic N) is 4. The molecule has 0 aliphatic rings. The fourth-order valence-corrected chi connectivity index (χ4v) is 4.90. The molecule has 0 heterocycles. The van der Waals surface area contributed by atoms with E-state index in [1.165, 1.54) is 48.5 Å². The summed E-state index contributed by atoms with van der Waals surface area (Å²) in [4.78, 5) is 50.8. The van der Waals surface area contributed by atoms with Crippen LogP contribution in [0.1, 0.15) is 36.2 Å². The summed E-state index contributed by atoms with van der Waals surface area (Å²) < 4.78 is 23.7. The number of hydrogen-bond donors (Lipinski definition) is 0. The van der Waals surface area contributed by atoms with Gasteiger partial charge in [0.2, 0.25) is 0 Å². The Morgan fingerprint density at radius 1 is 0.560 bits per heavy atom. The SMILES string of the molecule is CN(C)C(CC(Oc1ccc([N+](=O)[O-])cc1)c1ccccc1)OC(=O)C(=O)OC(CC(Oc1ccc([N+](=O)[O-])cc1)c1ccccc1)N(C)C. The molecular weight excluding hydrogens is 648 g/mol. The van der Waals surface area contributed by atoms with Crippen molar-refractivity contribution in [2.75, 3.05) is 28.2 Å². The molecule has 4 aromatic rings. The van der Waals surface area contributed by atoms with Crippen LogP contribution < -0.4 is 9.47 Å². The number of hydrogen-bond acceptors (Lipinski definition) is 12. The average molecular weight is 687 g/mol. The van der Waals surface area contributed by atoms with E-state index in [4.69, 9.17) is 18.9 Å². The van der Waals surface area contributed by atoms with Gasteiger partial charge in [-0.2, -0.15) is 0 Å². The van der Waals surface area contributed by atoms with E-state index in [0.717, 1.165) is 11.1 Å². The molecule has 0 bridgehead atoms. The van der Waals surface area contributed by atoms with Crippen molar-refractivity contribution >= 4 is 23.3 Å². The van der Waals surface area contributed by atoms with Crippen LogP contribution in [0.5, 0.6) is 11.5 Å². The van der Waals surface area contributed by atoms with Crippen molar-refractivity contribution in [1.82, 2.24) is 9.80 Å². The fraction of sp³-hybridized carbons (Fsp3) is 0.278. The van der Waals surface area contributed by atoms with E-state index >= 15 is 0 Å². The molecule has 0 amide bonds. The lowest BCUT2D eigenvalue weighted by Crippen LogP contribution is -2.41. The first-order valence-corrected chi connectivity index (χ1v) is 15.6. The van der Waals surface area contributed by atoms with Crippen LogP contribution >= 0.6 is 0 Å². The van der Waals surface area contributed by atoms with E-state index < -0.39 is 46.4 Å². The van der Waals surface area contributed by atoms with Crippen LogP contribution in [0.4, 0.5) is 11.4 Å². The number of benzene rings is 4. The molecule has 0 radical (unpaired) electrons. The monoisotopic (exact) mass is 686 g/mol. The molecule has 14 nitrogen and oxygen atoms in total. The first kappa shape index (κ1) is 37.0. The smallest absolute Gasteiger partial charge is 0.419 e. The molecule has 0 spiro atoms. The Balaban J connectivity index is 1.47. The average Bonchev–Trinajstić information content (AvgIpc) is 3.11. The van der Waals surface area contributed by atoms with E-state index in [1.807, 2.05) is 60.7 Å². The second kappa shape index (κ2) is 17.5. The van der Waals surface area contributed by atoms with E-state index in [2.05, 4.69) is 0 Å². The van der Waals surface area contributed by atoms with Gasteiger partial charge in [0.05, 0.1) is 9.85 Å². The number of ether oxygens (including phenoxy) is 4. The second-order valence-electron chi connectivity index (χ2n) is 11.7. The van der Waals surface area contributed by atoms with Crippen molar-refractivity contribution in [1.29, 1.82) is 0 Å². The van der Waals surface area contributed by atoms with Gasteiger partial charge in [-0.3, -0.25) is 30.0 Å². The maximum Gasteiger partial charge on any atom is 0.419 e. The summed E-state index contributed by atoms with van der Waals surface area (Å²) in [7, 11) is 6.72. The molecule has 0 fully saturated rings. The quantitative estimate of drug-likeness (QED) is 0.0439. The molecule has 262 valence electrons. The van der Waals surface area contributed by atoms with Gasteiger partial charge in [0.25, 0.3) is 11.4 Å². The molecule has 0 saturated carbocycles. The lowest BCUT2D eigenvalue weighted by Gasteiger charge is -2.30. The van der Waals surface area contributed by atoms with Crippen LogP contribution in [-0.2, 0) is 19.1 Å². The Morgan fingerprint density at radius 3 is 1.16 bits per heavy atom. The van der Waals surface area contributed by atoms with Crippen LogP contribution in [-0.4, -0.2) is 72.2 Å². The molecular formula is C36H38N4O10. The number of nitro groups is 2. The number of carbonyl (C=O) groups excluding carboxylic acids is 2. The highest BCUT2D eigenvalue weighted by Crippen LogP contribution is 2.30. The van der Waals surface area contributed by atoms with Gasteiger partial charge in [-0.1, -0.05) is 60.7 Å². The molecule has 50 heavy (non-hydrogen) atoms. The number of carbonyl (C=O) groups is 2. The zero-order chi connectivity index (χ0) is 36.2. The highest BCUT2D eigenvalue weighted by atomic mass is 16.6. The minimum absolute atomic E-state index is 0.0868. The van der Waals surface area contributed by atoms with E-state index in [9.17, 15) is 29.8 Å². The molecule has 4 rings (SSSR count). The number of esters is 2. The largest absolute Gasteiger partial charge is 0.486 e. The van der Waals surface area contributed by atoms with Crippen LogP contribution in [0.15, 0.2) is 109 Å². The Morgan fingerprint density at radius 2 is 0.880 bits per heavy atom. The molecule has 4 unspecified atom stereocenters. The zero-order valence-electron chi connectivity index (χ0n) is 28.0. The predicted molar refractivity (Wildman–Crippen MR) is 182 cm³/mol. The molecule has 0 N–H and O–H groups in total. The molecule has 0 aromatic heterocycles. The van der Waals surface area contributed by atoms with Crippen LogP contribution in [0.2, 0.25) is 0 Å². The third-order valence-corrected chi connectivity index (χ3v) is 7.63. The Hall–Kier alpha value is -5.86. The summed E-state index contributed by atoms with van der Waals surface area (Å²) in [5.74, 6) is -1.70. The van der Waals surface area contributed by atoms with Crippen molar-refractivity contribution in [2.24, 2.45) is 0 Å². The van der Waals surface area contributed by atoms with E-state index in [1.54, 1.807) is 38.0 Å². The van der Waals surface area contributed by atoms with Crippen molar-refractivity contribution in [3.8, 4) is 11.5 Å². The Bertz CT molecular complexity index is 1590. The Kier molecular flexibility index (Phi) is 12.9. The highest BCUT2D eigenvalue weighted by molar-refractivity contribution is 6.29. The van der Waals surface area contributed by atoms with Gasteiger partial charge in [-0.25, -0.2) is 9.59 Å². The minimum atomic E-state index is -1.22. The van der Waals surface area contributed by atoms with Crippen LogP contribution in [0.25, 0.3) is 0 Å². The van der Waals surface area contributed by atoms with E-state index in [-0.39, 0.29) is 24.2 Å². The molecule has 0 saturated heterocycles. The summed E-state index contributed by atoms with van der Waals surface area (Å²) in [6, 6.07) is 29.6. The minimum Gasteiger partial charge on any atom is -0.486 e. The first-order valence-electron chi connectivity index (χ1n) is 15.6. The molecule has 4 atom stereocenters. The van der Waals surface area contributed by atoms with Crippen molar-refractivity contribution in [3.63, 3.8) is 0 Å². The summed E-state index contributed by atoms with van der Waals surface area (Å²) in [5.41, 5.74) is 1.33. The molecule has 14 heteroatoms. The number of nitro benzene ring substituents is 2. The lowest BCUT2D eigenvalue weighted by atomic mass is 10.1. The van der Waals surface area contributed by atoms with Crippen LogP contribution in [0, 0.1) is 20.2 Å². The molecule has 0 aliphatic carbocycles. The summed E-state index contributed by atoms with van der Waals surface area (Å²) in [6.45, 7) is 0. The highest BCUT2D eigenvalue weighted by Gasteiger charge is 2.32. The second-order valence-corrected chi connectivity index (χ2v) is 11.7. The predicted octanol–water partition coefficient (Wildman–Crippen LogP) is 6.09. The third-order valence-electron chi connectivity index (χ3n) is 7.63. The summed E-state index contributed by atoms with van der Waals surface area (Å²) in [6.07, 6.45) is -2.98. The molecule has 0 aliphatic heterocycles. The van der Waals surface area contributed by atoms with Gasteiger partial charge in [0.15, 0.2) is 12.5 Å². The van der Waals surface area contributed by atoms with E-state index in [0.29, 0.717) is 11.5 Å². The lowest BCUT2D eigenvalue weighted by molar-refractivity contribution is -0.385. The van der Waals surface area contributed by atoms with Gasteiger partial charge < -0.3 is 18.9 Å². The Labute approximate surface area is 289 Å². The van der Waals surface area contributed by atoms with Crippen LogP contribution in [0.3, 0.4) is 0 Å². The fourth-order valence-electron chi connectivity index (χ4n) is 4.90. The topological polar surface area (TPSA) is 164 Å². The van der Waals surface area contributed by atoms with Gasteiger partial charge in [-0.15, -0.1) is 0 Å². The van der Waals surface area contributed by atoms with Crippen molar-refractivity contribution in [2.45, 2.75) is 37.5 Å². The summed E-state index contributed by atoms with van der Waals surface area (Å²) >= 11 is 0. The van der Waals surface area contributed by atoms with Gasteiger partial charge in [0, 0.05) is 37.1 Å². The normalized spacial score (nSPS) is 13.5. The third kappa shape index (κ3) is 10.6.